The zero-order chi connectivity index (χ0) is 28.0. The van der Waals surface area contributed by atoms with Crippen LogP contribution in [0.4, 0.5) is 10.1 Å². The third-order valence-electron chi connectivity index (χ3n) is 9.56. The number of anilines is 1. The largest absolute Gasteiger partial charge is 0.476 e. The van der Waals surface area contributed by atoms with Crippen molar-refractivity contribution in [3.05, 3.63) is 63.2 Å². The van der Waals surface area contributed by atoms with E-state index in [2.05, 4.69) is 14.4 Å². The van der Waals surface area contributed by atoms with Crippen LogP contribution in [0.15, 0.2) is 34.9 Å². The molecule has 212 valence electrons. The van der Waals surface area contributed by atoms with E-state index in [1.165, 1.54) is 6.07 Å². The maximum absolute atomic E-state index is 15.1. The zero-order valence-corrected chi connectivity index (χ0v) is 24.2. The molecule has 4 fully saturated rings. The summed E-state index contributed by atoms with van der Waals surface area (Å²) >= 11 is 14.1. The molecule has 0 amide bonds. The highest BCUT2D eigenvalue weighted by atomic mass is 35.5. The van der Waals surface area contributed by atoms with E-state index in [-0.39, 0.29) is 22.6 Å². The molecule has 4 aliphatic rings. The second-order valence-corrected chi connectivity index (χ2v) is 13.6. The standard InChI is InChI=1S/C30H26Cl2FN3O4S/c31-19-2-1-3-20(32)24(19)26-18(28(40-34-26)14-4-5-14)13-39-17-11-30(12-17)10-15-6-7-23(30)36(15)16-8-21(33)25-22(9-16)41-35-27(25)29(37)38/h1-3,8-9,14-15,17,23H,4-7,10-13H2,(H,37,38). The van der Waals surface area contributed by atoms with Crippen LogP contribution in [-0.2, 0) is 11.3 Å². The third kappa shape index (κ3) is 4.03. The van der Waals surface area contributed by atoms with Gasteiger partial charge in [0.05, 0.1) is 32.8 Å². The average Bonchev–Trinajstić information content (AvgIpc) is 3.24. The molecule has 11 heteroatoms. The van der Waals surface area contributed by atoms with Gasteiger partial charge in [-0.1, -0.05) is 34.4 Å². The van der Waals surface area contributed by atoms with E-state index >= 15 is 4.39 Å². The minimum atomic E-state index is -1.21. The van der Waals surface area contributed by atoms with E-state index in [9.17, 15) is 9.90 Å². The molecule has 2 atom stereocenters. The number of carboxylic acid groups (broad SMARTS) is 1. The van der Waals surface area contributed by atoms with E-state index in [4.69, 9.17) is 32.5 Å². The summed E-state index contributed by atoms with van der Waals surface area (Å²) in [6, 6.07) is 9.48. The van der Waals surface area contributed by atoms with Crippen LogP contribution in [0.3, 0.4) is 0 Å². The monoisotopic (exact) mass is 613 g/mol. The Morgan fingerprint density at radius 3 is 2.68 bits per heavy atom. The second kappa shape index (κ2) is 9.39. The van der Waals surface area contributed by atoms with Crippen molar-refractivity contribution in [2.24, 2.45) is 5.41 Å². The summed E-state index contributed by atoms with van der Waals surface area (Å²) in [5.74, 6) is -0.483. The number of rotatable bonds is 7. The maximum atomic E-state index is 15.1. The highest BCUT2D eigenvalue weighted by molar-refractivity contribution is 7.13. The van der Waals surface area contributed by atoms with E-state index in [1.54, 1.807) is 12.1 Å². The molecule has 2 aliphatic heterocycles. The minimum absolute atomic E-state index is 0.0985. The van der Waals surface area contributed by atoms with Crippen LogP contribution in [0.2, 0.25) is 10.0 Å². The molecule has 41 heavy (non-hydrogen) atoms. The predicted molar refractivity (Wildman–Crippen MR) is 155 cm³/mol. The number of ether oxygens (including phenoxy) is 1. The normalized spacial score (nSPS) is 26.8. The van der Waals surface area contributed by atoms with Crippen LogP contribution in [0.1, 0.15) is 72.7 Å². The van der Waals surface area contributed by atoms with Gasteiger partial charge in [0.25, 0.3) is 0 Å². The molecule has 7 nitrogen and oxygen atoms in total. The fourth-order valence-corrected chi connectivity index (χ4v) is 9.03. The summed E-state index contributed by atoms with van der Waals surface area (Å²) < 4.78 is 32.0. The van der Waals surface area contributed by atoms with Gasteiger partial charge in [-0.3, -0.25) is 0 Å². The van der Waals surface area contributed by atoms with Crippen LogP contribution >= 0.6 is 34.7 Å². The molecule has 2 saturated heterocycles. The van der Waals surface area contributed by atoms with Gasteiger partial charge in [-0.25, -0.2) is 9.18 Å². The van der Waals surface area contributed by atoms with Crippen molar-refractivity contribution in [2.45, 2.75) is 75.7 Å². The topological polar surface area (TPSA) is 88.7 Å². The Hall–Kier alpha value is -2.72. The van der Waals surface area contributed by atoms with Crippen molar-refractivity contribution in [3.63, 3.8) is 0 Å². The summed E-state index contributed by atoms with van der Waals surface area (Å²) in [5.41, 5.74) is 3.03. The Morgan fingerprint density at radius 2 is 1.95 bits per heavy atom. The number of halogens is 3. The highest BCUT2D eigenvalue weighted by Crippen LogP contribution is 2.62. The van der Waals surface area contributed by atoms with Crippen molar-refractivity contribution in [2.75, 3.05) is 4.90 Å². The van der Waals surface area contributed by atoms with Gasteiger partial charge in [0, 0.05) is 34.8 Å². The molecule has 2 aromatic heterocycles. The lowest BCUT2D eigenvalue weighted by Crippen LogP contribution is -2.50. The van der Waals surface area contributed by atoms with Gasteiger partial charge < -0.3 is 19.3 Å². The smallest absolute Gasteiger partial charge is 0.356 e. The van der Waals surface area contributed by atoms with Crippen LogP contribution < -0.4 is 4.90 Å². The lowest BCUT2D eigenvalue weighted by Gasteiger charge is -2.50. The van der Waals surface area contributed by atoms with Crippen molar-refractivity contribution in [1.29, 1.82) is 0 Å². The van der Waals surface area contributed by atoms with Crippen molar-refractivity contribution in [3.8, 4) is 11.3 Å². The average molecular weight is 615 g/mol. The van der Waals surface area contributed by atoms with E-state index in [0.717, 1.165) is 73.5 Å². The minimum Gasteiger partial charge on any atom is -0.476 e. The lowest BCUT2D eigenvalue weighted by molar-refractivity contribution is -0.0968. The summed E-state index contributed by atoms with van der Waals surface area (Å²) in [6.45, 7) is 0.393. The fourth-order valence-electron chi connectivity index (χ4n) is 7.64. The molecule has 4 aromatic rings. The van der Waals surface area contributed by atoms with Gasteiger partial charge in [-0.15, -0.1) is 0 Å². The number of carbonyl (C=O) groups is 1. The molecular weight excluding hydrogens is 588 g/mol. The molecule has 2 saturated carbocycles. The molecule has 4 heterocycles. The van der Waals surface area contributed by atoms with E-state index < -0.39 is 11.8 Å². The van der Waals surface area contributed by atoms with E-state index in [0.29, 0.717) is 50.6 Å². The number of aromatic nitrogens is 2. The molecular formula is C30H26Cl2FN3O4S. The molecule has 1 spiro atoms. The van der Waals surface area contributed by atoms with Gasteiger partial charge >= 0.3 is 5.97 Å². The molecule has 2 aliphatic carbocycles. The predicted octanol–water partition coefficient (Wildman–Crippen LogP) is 8.08. The highest BCUT2D eigenvalue weighted by Gasteiger charge is 2.61. The van der Waals surface area contributed by atoms with Crippen molar-refractivity contribution in [1.82, 2.24) is 9.53 Å². The number of hydrogen-bond donors (Lipinski definition) is 1. The van der Waals surface area contributed by atoms with Gasteiger partial charge in [-0.05, 0) is 86.2 Å². The molecule has 2 bridgehead atoms. The summed E-state index contributed by atoms with van der Waals surface area (Å²) in [5, 5.41) is 14.9. The number of carboxylic acids is 1. The quantitative estimate of drug-likeness (QED) is 0.225. The molecule has 2 aromatic carbocycles. The van der Waals surface area contributed by atoms with Crippen molar-refractivity contribution < 1.29 is 23.6 Å². The summed E-state index contributed by atoms with van der Waals surface area (Å²) in [4.78, 5) is 13.9. The second-order valence-electron chi connectivity index (χ2n) is 11.9. The Morgan fingerprint density at radius 1 is 1.17 bits per heavy atom. The van der Waals surface area contributed by atoms with E-state index in [1.807, 2.05) is 12.1 Å². The summed E-state index contributed by atoms with van der Waals surface area (Å²) in [6.07, 6.45) is 7.37. The van der Waals surface area contributed by atoms with Gasteiger partial charge in [-0.2, -0.15) is 4.37 Å². The first-order chi connectivity index (χ1) is 19.8. The molecule has 2 unspecified atom stereocenters. The number of fused-ring (bicyclic) bond motifs is 4. The Kier molecular flexibility index (Phi) is 5.94. The number of hydrogen-bond acceptors (Lipinski definition) is 7. The number of nitrogens with zero attached hydrogens (tertiary/aromatic N) is 3. The van der Waals surface area contributed by atoms with Gasteiger partial charge in [0.2, 0.25) is 0 Å². The third-order valence-corrected chi connectivity index (χ3v) is 11.0. The SMILES string of the molecule is O=C(O)c1nsc2cc(N3C4CCC3C3(CC(OCc5c(-c6c(Cl)cccc6Cl)noc5C5CC5)C3)C4)cc(F)c12. The van der Waals surface area contributed by atoms with Crippen molar-refractivity contribution >= 4 is 56.5 Å². The lowest BCUT2D eigenvalue weighted by atomic mass is 9.59. The Balaban J connectivity index is 1.00. The zero-order valence-electron chi connectivity index (χ0n) is 21.9. The molecule has 8 rings (SSSR count). The van der Waals surface area contributed by atoms with Gasteiger partial charge in [0.15, 0.2) is 5.69 Å². The van der Waals surface area contributed by atoms with Crippen LogP contribution in [0.25, 0.3) is 21.3 Å². The first kappa shape index (κ1) is 25.9. The number of aromatic carboxylic acids is 1. The molecule has 1 N–H and O–H groups in total. The Bertz CT molecular complexity index is 1690. The summed E-state index contributed by atoms with van der Waals surface area (Å²) in [7, 11) is 0. The fraction of sp³-hybridized carbons (Fsp3) is 0.433. The van der Waals surface area contributed by atoms with Crippen LogP contribution in [0.5, 0.6) is 0 Å². The Labute approximate surface area is 249 Å². The van der Waals surface area contributed by atoms with Gasteiger partial charge in [0.1, 0.15) is 17.3 Å². The first-order valence-electron chi connectivity index (χ1n) is 14.0. The molecule has 0 radical (unpaired) electrons. The van der Waals surface area contributed by atoms with Crippen LogP contribution in [0, 0.1) is 11.2 Å². The first-order valence-corrected chi connectivity index (χ1v) is 15.5. The number of benzene rings is 2. The van der Waals surface area contributed by atoms with Crippen LogP contribution in [-0.4, -0.2) is 38.8 Å². The maximum Gasteiger partial charge on any atom is 0.356 e.